The standard InChI is InChI=1S/C75H53N5Si2/c1-9-28-54(29-10-1)73-76-74(55-30-27-45-63(52-55)81(57-33-13-3-14-34-57,58-35-15-4-16-36-58)59-37-17-5-18-38-59)78-75(77-73)80-70-53-64(82(60-39-19-6-20-40-60,61-41-21-7-22-42-61)62-43-23-8-24-44-62)48-49-65(70)66-50-51-69-71(72(66)80)67-46-25-26-47-68(67)79(69)56-31-11-2-12-32-56/h1-53H. The Kier molecular flexibility index (Phi) is 12.1. The zero-order chi connectivity index (χ0) is 54.5. The highest BCUT2D eigenvalue weighted by Crippen LogP contribution is 2.42. The van der Waals surface area contributed by atoms with Crippen molar-refractivity contribution in [3.8, 4) is 34.4 Å². The third-order valence-corrected chi connectivity index (χ3v) is 26.2. The summed E-state index contributed by atoms with van der Waals surface area (Å²) in [6, 6.07) is 118. The van der Waals surface area contributed by atoms with E-state index in [0.717, 1.165) is 60.4 Å². The summed E-state index contributed by atoms with van der Waals surface area (Å²) in [5, 5.41) is 14.8. The van der Waals surface area contributed by atoms with Gasteiger partial charge in [-0.1, -0.05) is 291 Å². The summed E-state index contributed by atoms with van der Waals surface area (Å²) < 4.78 is 4.77. The Hall–Kier alpha value is -10.3. The van der Waals surface area contributed by atoms with Crippen molar-refractivity contribution in [2.75, 3.05) is 0 Å². The summed E-state index contributed by atoms with van der Waals surface area (Å²) >= 11 is 0. The van der Waals surface area contributed by atoms with Gasteiger partial charge < -0.3 is 4.57 Å². The van der Waals surface area contributed by atoms with Gasteiger partial charge in [0.15, 0.2) is 27.8 Å². The van der Waals surface area contributed by atoms with Crippen molar-refractivity contribution < 1.29 is 0 Å². The average Bonchev–Trinajstić information content (AvgIpc) is 4.31. The molecule has 3 aromatic heterocycles. The summed E-state index contributed by atoms with van der Waals surface area (Å²) in [7, 11) is -5.98. The molecule has 0 spiro atoms. The molecule has 0 aliphatic heterocycles. The Bertz CT molecular complexity index is 4580. The highest BCUT2D eigenvalue weighted by atomic mass is 28.3. The fourth-order valence-corrected chi connectivity index (χ4v) is 22.7. The van der Waals surface area contributed by atoms with Gasteiger partial charge in [-0.2, -0.15) is 9.97 Å². The first kappa shape index (κ1) is 48.8. The molecule has 15 rings (SSSR count). The fourth-order valence-electron chi connectivity index (χ4n) is 13.2. The van der Waals surface area contributed by atoms with Crippen molar-refractivity contribution >= 4 is 101 Å². The van der Waals surface area contributed by atoms with E-state index in [1.54, 1.807) is 0 Å². The molecular weight excluding hydrogens is 1030 g/mol. The van der Waals surface area contributed by atoms with Crippen LogP contribution in [0.15, 0.2) is 322 Å². The van der Waals surface area contributed by atoms with Crippen LogP contribution in [0.3, 0.4) is 0 Å². The van der Waals surface area contributed by atoms with Crippen molar-refractivity contribution in [3.05, 3.63) is 322 Å². The molecule has 0 aliphatic carbocycles. The molecule has 0 fully saturated rings. The summed E-state index contributed by atoms with van der Waals surface area (Å²) in [6.45, 7) is 0. The summed E-state index contributed by atoms with van der Waals surface area (Å²) in [5.41, 5.74) is 7.19. The van der Waals surface area contributed by atoms with Crippen molar-refractivity contribution in [3.63, 3.8) is 0 Å². The molecule has 15 aromatic rings. The Labute approximate surface area is 478 Å². The van der Waals surface area contributed by atoms with Gasteiger partial charge in [0.1, 0.15) is 0 Å². The van der Waals surface area contributed by atoms with Gasteiger partial charge in [0.05, 0.1) is 22.1 Å². The van der Waals surface area contributed by atoms with Crippen LogP contribution < -0.4 is 41.5 Å². The van der Waals surface area contributed by atoms with Crippen LogP contribution in [0.1, 0.15) is 0 Å². The molecule has 0 radical (unpaired) electrons. The second kappa shape index (κ2) is 20.4. The average molecular weight is 1080 g/mol. The van der Waals surface area contributed by atoms with Gasteiger partial charge in [-0.05, 0) is 71.8 Å². The zero-order valence-corrected chi connectivity index (χ0v) is 46.8. The van der Waals surface area contributed by atoms with Crippen LogP contribution in [0.25, 0.3) is 78.0 Å². The Morgan fingerprint density at radius 2 is 0.646 bits per heavy atom. The molecule has 82 heavy (non-hydrogen) atoms. The van der Waals surface area contributed by atoms with Gasteiger partial charge >= 0.3 is 0 Å². The molecule has 7 heteroatoms. The number of aromatic nitrogens is 5. The van der Waals surface area contributed by atoms with Crippen LogP contribution in [-0.4, -0.2) is 40.2 Å². The van der Waals surface area contributed by atoms with E-state index in [4.69, 9.17) is 15.0 Å². The van der Waals surface area contributed by atoms with Gasteiger partial charge in [0, 0.05) is 38.4 Å². The van der Waals surface area contributed by atoms with Crippen LogP contribution >= 0.6 is 0 Å². The maximum atomic E-state index is 5.79. The Morgan fingerprint density at radius 1 is 0.244 bits per heavy atom. The van der Waals surface area contributed by atoms with Crippen LogP contribution in [0.5, 0.6) is 0 Å². The van der Waals surface area contributed by atoms with E-state index >= 15 is 0 Å². The molecule has 3 heterocycles. The number of rotatable bonds is 12. The molecule has 5 nitrogen and oxygen atoms in total. The van der Waals surface area contributed by atoms with Crippen molar-refractivity contribution in [1.29, 1.82) is 0 Å². The van der Waals surface area contributed by atoms with E-state index in [9.17, 15) is 0 Å². The minimum Gasteiger partial charge on any atom is -0.309 e. The summed E-state index contributed by atoms with van der Waals surface area (Å²) in [4.78, 5) is 16.9. The van der Waals surface area contributed by atoms with Gasteiger partial charge in [0.25, 0.3) is 0 Å². The SMILES string of the molecule is c1ccc(-c2nc(-c3cccc([Si](c4ccccc4)(c4ccccc4)c4ccccc4)c3)nc(-n3c4cc([Si](c5ccccc5)(c5ccccc5)c5ccccc5)ccc4c4ccc5c(c6ccccc6n5-c5ccccc5)c43)n2)cc1. The first-order valence-corrected chi connectivity index (χ1v) is 32.0. The zero-order valence-electron chi connectivity index (χ0n) is 44.8. The lowest BCUT2D eigenvalue weighted by Gasteiger charge is -2.34. The summed E-state index contributed by atoms with van der Waals surface area (Å²) in [5.74, 6) is 1.73. The van der Waals surface area contributed by atoms with Crippen LogP contribution in [0.2, 0.25) is 0 Å². The van der Waals surface area contributed by atoms with Gasteiger partial charge in [0.2, 0.25) is 5.95 Å². The van der Waals surface area contributed by atoms with Gasteiger partial charge in [-0.25, -0.2) is 4.98 Å². The molecule has 0 unspecified atom stereocenters. The van der Waals surface area contributed by atoms with Gasteiger partial charge in [-0.15, -0.1) is 0 Å². The van der Waals surface area contributed by atoms with Crippen molar-refractivity contribution in [2.24, 2.45) is 0 Å². The van der Waals surface area contributed by atoms with E-state index < -0.39 is 16.1 Å². The Morgan fingerprint density at radius 3 is 1.16 bits per heavy atom. The first-order chi connectivity index (χ1) is 40.7. The van der Waals surface area contributed by atoms with Gasteiger partial charge in [-0.3, -0.25) is 4.57 Å². The lowest BCUT2D eigenvalue weighted by molar-refractivity contribution is 0.955. The lowest BCUT2D eigenvalue weighted by Crippen LogP contribution is -2.74. The molecule has 0 saturated carbocycles. The normalized spacial score (nSPS) is 11.9. The molecular formula is C75H53N5Si2. The predicted molar refractivity (Wildman–Crippen MR) is 347 cm³/mol. The molecule has 0 atom stereocenters. The minimum absolute atomic E-state index is 0.541. The molecule has 0 saturated heterocycles. The van der Waals surface area contributed by atoms with E-state index in [2.05, 4.69) is 325 Å². The number of fused-ring (bicyclic) bond motifs is 7. The van der Waals surface area contributed by atoms with E-state index in [1.807, 2.05) is 6.07 Å². The first-order valence-electron chi connectivity index (χ1n) is 28.0. The highest BCUT2D eigenvalue weighted by Gasteiger charge is 2.43. The highest BCUT2D eigenvalue weighted by molar-refractivity contribution is 7.20. The van der Waals surface area contributed by atoms with E-state index in [-0.39, 0.29) is 0 Å². The second-order valence-electron chi connectivity index (χ2n) is 21.0. The van der Waals surface area contributed by atoms with E-state index in [0.29, 0.717) is 17.6 Å². The number of hydrogen-bond acceptors (Lipinski definition) is 3. The third-order valence-electron chi connectivity index (χ3n) is 16.7. The quantitative estimate of drug-likeness (QED) is 0.0905. The second-order valence-corrected chi connectivity index (χ2v) is 28.7. The lowest BCUT2D eigenvalue weighted by atomic mass is 10.1. The fraction of sp³-hybridized carbons (Fsp3) is 0. The number of hydrogen-bond donors (Lipinski definition) is 0. The Balaban J connectivity index is 1.07. The van der Waals surface area contributed by atoms with Crippen molar-refractivity contribution in [2.45, 2.75) is 0 Å². The molecule has 0 N–H and O–H groups in total. The number of para-hydroxylation sites is 2. The topological polar surface area (TPSA) is 48.5 Å². The van der Waals surface area contributed by atoms with Crippen molar-refractivity contribution in [1.82, 2.24) is 24.1 Å². The molecule has 0 aliphatic rings. The molecule has 12 aromatic carbocycles. The smallest absolute Gasteiger partial charge is 0.238 e. The van der Waals surface area contributed by atoms with Crippen LogP contribution in [0.4, 0.5) is 0 Å². The predicted octanol–water partition coefficient (Wildman–Crippen LogP) is 12.2. The molecule has 386 valence electrons. The number of benzene rings is 12. The maximum Gasteiger partial charge on any atom is 0.238 e. The minimum atomic E-state index is -3.03. The van der Waals surface area contributed by atoms with Crippen LogP contribution in [-0.2, 0) is 0 Å². The van der Waals surface area contributed by atoms with Crippen LogP contribution in [0, 0.1) is 0 Å². The summed E-state index contributed by atoms with van der Waals surface area (Å²) in [6.07, 6.45) is 0. The molecule has 0 amide bonds. The monoisotopic (exact) mass is 1080 g/mol. The molecule has 0 bridgehead atoms. The maximum absolute atomic E-state index is 5.79. The third kappa shape index (κ3) is 7.85. The number of nitrogens with zero attached hydrogens (tertiary/aromatic N) is 5. The van der Waals surface area contributed by atoms with E-state index in [1.165, 1.54) is 41.5 Å². The largest absolute Gasteiger partial charge is 0.309 e.